The van der Waals surface area contributed by atoms with Crippen LogP contribution in [-0.2, 0) is 32.1 Å². The minimum Gasteiger partial charge on any atom is -0.481 e. The summed E-state index contributed by atoms with van der Waals surface area (Å²) in [5.74, 6) is -1.71. The van der Waals surface area contributed by atoms with Crippen molar-refractivity contribution in [2.24, 2.45) is 16.4 Å². The second-order valence-electron chi connectivity index (χ2n) is 11.9. The van der Waals surface area contributed by atoms with Crippen molar-refractivity contribution in [3.8, 4) is 0 Å². The Kier molecular flexibility index (Phi) is 7.97. The molecule has 8 nitrogen and oxygen atoms in total. The van der Waals surface area contributed by atoms with Gasteiger partial charge < -0.3 is 15.2 Å². The van der Waals surface area contributed by atoms with Crippen molar-refractivity contribution in [3.05, 3.63) is 101 Å². The first kappa shape index (κ1) is 28.6. The van der Waals surface area contributed by atoms with Gasteiger partial charge in [0.05, 0.1) is 17.9 Å². The number of hydrogen-bond donors (Lipinski definition) is 2. The molecule has 2 saturated carbocycles. The lowest BCUT2D eigenvalue weighted by atomic mass is 9.83. The first-order valence-corrected chi connectivity index (χ1v) is 14.8. The van der Waals surface area contributed by atoms with Gasteiger partial charge in [0, 0.05) is 11.3 Å². The van der Waals surface area contributed by atoms with E-state index >= 15 is 0 Å². The lowest BCUT2D eigenvalue weighted by Crippen LogP contribution is -2.36. The maximum atomic E-state index is 14.5. The molecule has 3 aliphatic rings. The lowest BCUT2D eigenvalue weighted by molar-refractivity contribution is -0.143. The second-order valence-corrected chi connectivity index (χ2v) is 11.9. The van der Waals surface area contributed by atoms with Gasteiger partial charge in [-0.1, -0.05) is 55.3 Å². The molecule has 1 aliphatic heterocycles. The van der Waals surface area contributed by atoms with Crippen molar-refractivity contribution in [2.75, 3.05) is 11.9 Å². The van der Waals surface area contributed by atoms with Crippen LogP contribution in [0.2, 0.25) is 0 Å². The Bertz CT molecular complexity index is 1550. The fourth-order valence-corrected chi connectivity index (χ4v) is 6.23. The van der Waals surface area contributed by atoms with Gasteiger partial charge >= 0.3 is 5.97 Å². The fraction of sp³-hybridized carbons (Fsp3) is 0.353. The largest absolute Gasteiger partial charge is 0.481 e. The molecule has 43 heavy (non-hydrogen) atoms. The molecule has 3 aromatic carbocycles. The molecule has 222 valence electrons. The summed E-state index contributed by atoms with van der Waals surface area (Å²) in [5.41, 5.74) is 2.58. The number of halogens is 1. The van der Waals surface area contributed by atoms with Crippen LogP contribution in [0.5, 0.6) is 0 Å². The van der Waals surface area contributed by atoms with Crippen molar-refractivity contribution in [1.82, 2.24) is 5.01 Å². The Labute approximate surface area is 249 Å². The summed E-state index contributed by atoms with van der Waals surface area (Å²) in [5, 5.41) is 18.3. The third-order valence-corrected chi connectivity index (χ3v) is 8.75. The molecule has 0 radical (unpaired) electrons. The highest BCUT2D eigenvalue weighted by molar-refractivity contribution is 5.98. The summed E-state index contributed by atoms with van der Waals surface area (Å²) >= 11 is 0. The molecule has 0 saturated heterocycles. The Morgan fingerprint density at radius 1 is 1.02 bits per heavy atom. The molecule has 2 amide bonds. The molecule has 0 spiro atoms. The fourth-order valence-electron chi connectivity index (χ4n) is 6.23. The summed E-state index contributed by atoms with van der Waals surface area (Å²) < 4.78 is 20.1. The Morgan fingerprint density at radius 2 is 1.74 bits per heavy atom. The molecular formula is C34H34FN3O5. The number of nitrogens with zero attached hydrogens (tertiary/aromatic N) is 2. The van der Waals surface area contributed by atoms with Gasteiger partial charge in [-0.25, -0.2) is 9.40 Å². The third-order valence-electron chi connectivity index (χ3n) is 8.75. The molecule has 0 aromatic heterocycles. The van der Waals surface area contributed by atoms with E-state index in [0.29, 0.717) is 30.0 Å². The summed E-state index contributed by atoms with van der Waals surface area (Å²) in [7, 11) is 0. The lowest BCUT2D eigenvalue weighted by Gasteiger charge is -2.25. The summed E-state index contributed by atoms with van der Waals surface area (Å²) in [6.45, 7) is 0.178. The van der Waals surface area contributed by atoms with E-state index in [1.807, 2.05) is 54.6 Å². The number of amides is 2. The number of aliphatic carboxylic acids is 1. The SMILES string of the molecule is O=C(Nc1cc(F)cc(CC2(C(=O)O)CC2)c1)C(c1ccc(CN2N=C(c3ccccc3)OCC2=O)cc1)C1CCCC1. The zero-order valence-corrected chi connectivity index (χ0v) is 23.8. The van der Waals surface area contributed by atoms with E-state index in [-0.39, 0.29) is 37.3 Å². The number of carboxylic acids is 1. The average Bonchev–Trinajstić information content (AvgIpc) is 3.58. The molecule has 2 fully saturated rings. The van der Waals surface area contributed by atoms with Gasteiger partial charge in [-0.2, -0.15) is 0 Å². The van der Waals surface area contributed by atoms with E-state index < -0.39 is 23.1 Å². The molecule has 3 aromatic rings. The maximum Gasteiger partial charge on any atom is 0.309 e. The van der Waals surface area contributed by atoms with Crippen LogP contribution in [0, 0.1) is 17.2 Å². The van der Waals surface area contributed by atoms with Crippen LogP contribution < -0.4 is 5.32 Å². The number of carboxylic acid groups (broad SMARTS) is 1. The number of anilines is 1. The number of hydrogen-bond acceptors (Lipinski definition) is 5. The number of carbonyl (C=O) groups is 3. The monoisotopic (exact) mass is 583 g/mol. The van der Waals surface area contributed by atoms with Gasteiger partial charge in [0.25, 0.3) is 5.91 Å². The molecule has 2 N–H and O–H groups in total. The van der Waals surface area contributed by atoms with Gasteiger partial charge in [0.1, 0.15) is 5.82 Å². The van der Waals surface area contributed by atoms with Crippen LogP contribution in [0.3, 0.4) is 0 Å². The third kappa shape index (κ3) is 6.45. The maximum absolute atomic E-state index is 14.5. The first-order valence-electron chi connectivity index (χ1n) is 14.8. The van der Waals surface area contributed by atoms with E-state index in [9.17, 15) is 23.9 Å². The molecular weight excluding hydrogens is 549 g/mol. The minimum atomic E-state index is -0.867. The van der Waals surface area contributed by atoms with Crippen LogP contribution in [-0.4, -0.2) is 40.4 Å². The zero-order chi connectivity index (χ0) is 30.0. The topological polar surface area (TPSA) is 108 Å². The Morgan fingerprint density at radius 3 is 2.42 bits per heavy atom. The standard InChI is InChI=1S/C34H34FN3O5/c35-27-16-23(19-34(14-15-34)33(41)42)17-28(18-27)36-31(40)30(24-6-4-5-7-24)25-12-10-22(11-13-25)20-38-29(39)21-43-32(37-38)26-8-2-1-3-9-26/h1-3,8-13,16-18,24,30H,4-7,14-15,19-21H2,(H,36,40)(H,41,42). The van der Waals surface area contributed by atoms with Gasteiger partial charge in [0.2, 0.25) is 11.8 Å². The van der Waals surface area contributed by atoms with E-state index in [1.165, 1.54) is 17.1 Å². The van der Waals surface area contributed by atoms with Crippen LogP contribution in [0.25, 0.3) is 0 Å². The van der Waals surface area contributed by atoms with Gasteiger partial charge in [0.15, 0.2) is 6.61 Å². The number of carbonyl (C=O) groups excluding carboxylic acids is 2. The normalized spacial score (nSPS) is 18.5. The highest BCUT2D eigenvalue weighted by atomic mass is 19.1. The predicted octanol–water partition coefficient (Wildman–Crippen LogP) is 5.87. The number of nitrogens with one attached hydrogen (secondary N) is 1. The van der Waals surface area contributed by atoms with Crippen molar-refractivity contribution >= 4 is 29.4 Å². The van der Waals surface area contributed by atoms with Gasteiger partial charge in [-0.3, -0.25) is 14.4 Å². The van der Waals surface area contributed by atoms with Crippen LogP contribution >= 0.6 is 0 Å². The van der Waals surface area contributed by atoms with Crippen molar-refractivity contribution in [3.63, 3.8) is 0 Å². The molecule has 1 heterocycles. The van der Waals surface area contributed by atoms with E-state index in [2.05, 4.69) is 10.4 Å². The highest BCUT2D eigenvalue weighted by Crippen LogP contribution is 2.49. The first-order chi connectivity index (χ1) is 20.8. The van der Waals surface area contributed by atoms with Crippen LogP contribution in [0.4, 0.5) is 10.1 Å². The van der Waals surface area contributed by atoms with Gasteiger partial charge in [-0.05, 0) is 85.0 Å². The number of rotatable bonds is 10. The van der Waals surface area contributed by atoms with Crippen LogP contribution in [0.15, 0.2) is 77.9 Å². The summed E-state index contributed by atoms with van der Waals surface area (Å²) in [6.07, 6.45) is 5.33. The molecule has 2 aliphatic carbocycles. The highest BCUT2D eigenvalue weighted by Gasteiger charge is 2.50. The summed E-state index contributed by atoms with van der Waals surface area (Å²) in [4.78, 5) is 37.9. The molecule has 1 atom stereocenters. The molecule has 6 rings (SSSR count). The number of hydrazone groups is 1. The molecule has 9 heteroatoms. The number of ether oxygens (including phenoxy) is 1. The second kappa shape index (κ2) is 12.0. The van der Waals surface area contributed by atoms with Crippen molar-refractivity contribution in [2.45, 2.75) is 57.4 Å². The minimum absolute atomic E-state index is 0.0885. The van der Waals surface area contributed by atoms with Gasteiger partial charge in [-0.15, -0.1) is 5.10 Å². The van der Waals surface area contributed by atoms with Crippen LogP contribution in [0.1, 0.15) is 66.7 Å². The molecule has 0 bridgehead atoms. The quantitative estimate of drug-likeness (QED) is 0.311. The predicted molar refractivity (Wildman–Crippen MR) is 159 cm³/mol. The van der Waals surface area contributed by atoms with Crippen molar-refractivity contribution in [1.29, 1.82) is 0 Å². The van der Waals surface area contributed by atoms with E-state index in [4.69, 9.17) is 4.74 Å². The van der Waals surface area contributed by atoms with E-state index in [0.717, 1.165) is 42.4 Å². The Balaban J connectivity index is 1.18. The average molecular weight is 584 g/mol. The van der Waals surface area contributed by atoms with Crippen molar-refractivity contribution < 1.29 is 28.6 Å². The summed E-state index contributed by atoms with van der Waals surface area (Å²) in [6, 6.07) is 21.4. The number of benzene rings is 3. The smallest absolute Gasteiger partial charge is 0.309 e. The zero-order valence-electron chi connectivity index (χ0n) is 23.8. The molecule has 1 unspecified atom stereocenters. The van der Waals surface area contributed by atoms with E-state index in [1.54, 1.807) is 6.07 Å². The Hall–Kier alpha value is -4.53.